The molecule has 0 heterocycles. The van der Waals surface area contributed by atoms with E-state index in [0.717, 1.165) is 12.0 Å². The molecule has 0 aromatic heterocycles. The number of benzene rings is 1. The highest BCUT2D eigenvalue weighted by Gasteiger charge is 2.13. The van der Waals surface area contributed by atoms with Gasteiger partial charge in [-0.1, -0.05) is 45.9 Å². The van der Waals surface area contributed by atoms with E-state index in [1.54, 1.807) is 0 Å². The average molecular weight is 175 g/mol. The summed E-state index contributed by atoms with van der Waals surface area (Å²) in [5.41, 5.74) is 4.14. The van der Waals surface area contributed by atoms with Gasteiger partial charge in [0.2, 0.25) is 0 Å². The summed E-state index contributed by atoms with van der Waals surface area (Å²) in [5.74, 6) is 0. The molecule has 0 amide bonds. The molecule has 1 aromatic carbocycles. The second kappa shape index (κ2) is 3.53. The van der Waals surface area contributed by atoms with Crippen LogP contribution in [0.4, 0.5) is 0 Å². The zero-order valence-electron chi connectivity index (χ0n) is 9.15. The normalized spacial score (nSPS) is 11.8. The maximum atomic E-state index is 4.00. The molecule has 1 aromatic rings. The fourth-order valence-electron chi connectivity index (χ4n) is 1.40. The van der Waals surface area contributed by atoms with Gasteiger partial charge in [0, 0.05) is 0 Å². The topological polar surface area (TPSA) is 0 Å². The van der Waals surface area contributed by atoms with Crippen LogP contribution in [0.5, 0.6) is 0 Å². The van der Waals surface area contributed by atoms with Gasteiger partial charge in [-0.2, -0.15) is 0 Å². The molecule has 1 rings (SSSR count). The third-order valence-corrected chi connectivity index (χ3v) is 2.33. The smallest absolute Gasteiger partial charge is 0.0132 e. The molecule has 0 aliphatic rings. The Morgan fingerprint density at radius 1 is 1.15 bits per heavy atom. The largest absolute Gasteiger partial charge is 0.0613 e. The second-order valence-electron chi connectivity index (χ2n) is 4.64. The molecule has 0 saturated carbocycles. The first-order chi connectivity index (χ1) is 5.93. The molecule has 0 aliphatic heterocycles. The minimum Gasteiger partial charge on any atom is -0.0613 e. The summed E-state index contributed by atoms with van der Waals surface area (Å²) >= 11 is 0. The molecular weight excluding hydrogens is 156 g/mol. The van der Waals surface area contributed by atoms with Gasteiger partial charge in [-0.25, -0.2) is 0 Å². The molecule has 0 atom stereocenters. The number of hydrogen-bond acceptors (Lipinski definition) is 0. The first kappa shape index (κ1) is 10.3. The van der Waals surface area contributed by atoms with Gasteiger partial charge >= 0.3 is 0 Å². The fourth-order valence-corrected chi connectivity index (χ4v) is 1.40. The summed E-state index contributed by atoms with van der Waals surface area (Å²) < 4.78 is 0. The van der Waals surface area contributed by atoms with Crippen molar-refractivity contribution in [1.29, 1.82) is 0 Å². The summed E-state index contributed by atoms with van der Waals surface area (Å²) in [6, 6.07) is 6.63. The Balaban J connectivity index is 3.16. The van der Waals surface area contributed by atoms with Gasteiger partial charge in [-0.3, -0.25) is 0 Å². The van der Waals surface area contributed by atoms with E-state index in [1.807, 2.05) is 0 Å². The van der Waals surface area contributed by atoms with Crippen LogP contribution < -0.4 is 0 Å². The van der Waals surface area contributed by atoms with E-state index < -0.39 is 0 Å². The summed E-state index contributed by atoms with van der Waals surface area (Å²) in [7, 11) is 0. The van der Waals surface area contributed by atoms with E-state index in [1.165, 1.54) is 11.1 Å². The third-order valence-electron chi connectivity index (χ3n) is 2.33. The van der Waals surface area contributed by atoms with Gasteiger partial charge in [-0.15, -0.1) is 0 Å². The summed E-state index contributed by atoms with van der Waals surface area (Å²) in [6.07, 6.45) is 1.09. The minimum absolute atomic E-state index is 0.234. The Labute approximate surface area is 82.0 Å². The molecule has 13 heavy (non-hydrogen) atoms. The van der Waals surface area contributed by atoms with Crippen molar-refractivity contribution >= 4 is 0 Å². The van der Waals surface area contributed by atoms with Crippen LogP contribution >= 0.6 is 0 Å². The van der Waals surface area contributed by atoms with Gasteiger partial charge in [0.05, 0.1) is 0 Å². The zero-order valence-corrected chi connectivity index (χ0v) is 9.15. The highest BCUT2D eigenvalue weighted by molar-refractivity contribution is 5.35. The predicted octanol–water partition coefficient (Wildman–Crippen LogP) is 3.73. The Morgan fingerprint density at radius 2 is 1.77 bits per heavy atom. The fraction of sp³-hybridized carbons (Fsp3) is 0.462. The monoisotopic (exact) mass is 175 g/mol. The molecule has 71 valence electrons. The average Bonchev–Trinajstić information content (AvgIpc) is 2.01. The van der Waals surface area contributed by atoms with Gasteiger partial charge < -0.3 is 0 Å². The molecule has 0 aliphatic carbocycles. The zero-order chi connectivity index (χ0) is 10.1. The minimum atomic E-state index is 0.234. The Kier molecular flexibility index (Phi) is 2.80. The first-order valence-electron chi connectivity index (χ1n) is 4.90. The highest BCUT2D eigenvalue weighted by atomic mass is 14.2. The lowest BCUT2D eigenvalue weighted by Gasteiger charge is -2.20. The van der Waals surface area contributed by atoms with Gasteiger partial charge in [0.25, 0.3) is 0 Å². The van der Waals surface area contributed by atoms with E-state index in [9.17, 15) is 0 Å². The van der Waals surface area contributed by atoms with Crippen molar-refractivity contribution in [3.63, 3.8) is 0 Å². The van der Waals surface area contributed by atoms with Gasteiger partial charge in [-0.05, 0) is 35.4 Å². The van der Waals surface area contributed by atoms with E-state index >= 15 is 0 Å². The number of rotatable bonds is 1. The van der Waals surface area contributed by atoms with Crippen LogP contribution in [0.1, 0.15) is 44.4 Å². The summed E-state index contributed by atoms with van der Waals surface area (Å²) in [4.78, 5) is 0. The van der Waals surface area contributed by atoms with Gasteiger partial charge in [0.1, 0.15) is 0 Å². The molecular formula is C13H19. The number of hydrogen-bond donors (Lipinski definition) is 0. The van der Waals surface area contributed by atoms with E-state index in [4.69, 9.17) is 0 Å². The summed E-state index contributed by atoms with van der Waals surface area (Å²) in [5, 5.41) is 0. The molecule has 0 fully saturated rings. The van der Waals surface area contributed by atoms with E-state index in [0.29, 0.717) is 0 Å². The molecule has 0 spiro atoms. The SMILES string of the molecule is [CH2]c1cc(CC)cc(C(C)(C)C)c1. The molecule has 0 unspecified atom stereocenters. The maximum absolute atomic E-state index is 4.00. The molecule has 0 N–H and O–H groups in total. The third kappa shape index (κ3) is 2.58. The predicted molar refractivity (Wildman–Crippen MR) is 59.0 cm³/mol. The van der Waals surface area contributed by atoms with Crippen LogP contribution in [0.15, 0.2) is 18.2 Å². The van der Waals surface area contributed by atoms with Gasteiger partial charge in [0.15, 0.2) is 0 Å². The maximum Gasteiger partial charge on any atom is -0.0132 e. The quantitative estimate of drug-likeness (QED) is 0.610. The lowest BCUT2D eigenvalue weighted by molar-refractivity contribution is 0.589. The molecule has 0 nitrogen and oxygen atoms in total. The molecule has 1 radical (unpaired) electrons. The van der Waals surface area contributed by atoms with Crippen molar-refractivity contribution in [3.8, 4) is 0 Å². The van der Waals surface area contributed by atoms with Crippen LogP contribution in [-0.4, -0.2) is 0 Å². The van der Waals surface area contributed by atoms with Crippen LogP contribution in [0.3, 0.4) is 0 Å². The summed E-state index contributed by atoms with van der Waals surface area (Å²) in [6.45, 7) is 12.9. The standard InChI is InChI=1S/C13H19/c1-6-11-7-10(2)8-12(9-11)13(3,4)5/h7-9H,2,6H2,1,3-5H3. The number of aryl methyl sites for hydroxylation is 1. The Hall–Kier alpha value is -0.780. The Bertz CT molecular complexity index is 289. The van der Waals surface area contributed by atoms with Crippen molar-refractivity contribution in [2.75, 3.05) is 0 Å². The van der Waals surface area contributed by atoms with Crippen molar-refractivity contribution in [1.82, 2.24) is 0 Å². The molecule has 0 heteroatoms. The highest BCUT2D eigenvalue weighted by Crippen LogP contribution is 2.24. The van der Waals surface area contributed by atoms with Crippen LogP contribution in [-0.2, 0) is 11.8 Å². The van der Waals surface area contributed by atoms with E-state index in [-0.39, 0.29) is 5.41 Å². The van der Waals surface area contributed by atoms with Crippen molar-refractivity contribution in [3.05, 3.63) is 41.8 Å². The second-order valence-corrected chi connectivity index (χ2v) is 4.64. The van der Waals surface area contributed by atoms with Crippen molar-refractivity contribution in [2.45, 2.75) is 39.5 Å². The van der Waals surface area contributed by atoms with Crippen molar-refractivity contribution < 1.29 is 0 Å². The lowest BCUT2D eigenvalue weighted by Crippen LogP contribution is -2.11. The first-order valence-corrected chi connectivity index (χ1v) is 4.90. The van der Waals surface area contributed by atoms with Crippen molar-refractivity contribution in [2.24, 2.45) is 0 Å². The van der Waals surface area contributed by atoms with Crippen LogP contribution in [0, 0.1) is 6.92 Å². The van der Waals surface area contributed by atoms with Crippen LogP contribution in [0.2, 0.25) is 0 Å². The molecule has 0 bridgehead atoms. The molecule has 0 saturated heterocycles. The van der Waals surface area contributed by atoms with Crippen LogP contribution in [0.25, 0.3) is 0 Å². The lowest BCUT2D eigenvalue weighted by atomic mass is 9.85. The Morgan fingerprint density at radius 3 is 2.23 bits per heavy atom. The van der Waals surface area contributed by atoms with E-state index in [2.05, 4.69) is 52.8 Å².